The maximum Gasteiger partial charge on any atom is 0.256 e. The highest BCUT2D eigenvalue weighted by Crippen LogP contribution is 2.30. The summed E-state index contributed by atoms with van der Waals surface area (Å²) < 4.78 is 7.10. The molecule has 100 valence electrons. The summed E-state index contributed by atoms with van der Waals surface area (Å²) in [6, 6.07) is 1.81. The van der Waals surface area contributed by atoms with E-state index in [1.54, 1.807) is 34.9 Å². The molecule has 0 radical (unpaired) electrons. The fraction of sp³-hybridized carbons (Fsp3) is 0.455. The molecule has 0 aliphatic carbocycles. The van der Waals surface area contributed by atoms with Gasteiger partial charge >= 0.3 is 0 Å². The molecule has 3 heterocycles. The van der Waals surface area contributed by atoms with Crippen molar-refractivity contribution in [3.63, 3.8) is 0 Å². The van der Waals surface area contributed by atoms with Crippen LogP contribution in [0.4, 0.5) is 5.95 Å². The maximum absolute atomic E-state index is 5.73. The van der Waals surface area contributed by atoms with Gasteiger partial charge in [-0.3, -0.25) is 0 Å². The fourth-order valence-electron chi connectivity index (χ4n) is 1.91. The number of hydrogen-bond acceptors (Lipinski definition) is 7. The quantitative estimate of drug-likeness (QED) is 0.892. The highest BCUT2D eigenvalue weighted by atomic mass is 32.2. The van der Waals surface area contributed by atoms with E-state index in [1.807, 2.05) is 0 Å². The van der Waals surface area contributed by atoms with Crippen molar-refractivity contribution in [3.05, 3.63) is 18.5 Å². The molecule has 0 aromatic carbocycles. The first-order valence-electron chi connectivity index (χ1n) is 6.02. The number of nitrogen functional groups attached to an aromatic ring is 1. The minimum Gasteiger partial charge on any atom is -0.377 e. The Morgan fingerprint density at radius 3 is 3.00 bits per heavy atom. The molecular weight excluding hydrogens is 264 g/mol. The van der Waals surface area contributed by atoms with Crippen molar-refractivity contribution in [2.75, 3.05) is 12.3 Å². The van der Waals surface area contributed by atoms with Gasteiger partial charge in [0.15, 0.2) is 5.16 Å². The van der Waals surface area contributed by atoms with Crippen LogP contribution in [0.2, 0.25) is 0 Å². The molecule has 7 nitrogen and oxygen atoms in total. The lowest BCUT2D eigenvalue weighted by Gasteiger charge is -2.12. The normalized spacial score (nSPS) is 22.8. The van der Waals surface area contributed by atoms with Crippen LogP contribution in [0.5, 0.6) is 0 Å². The van der Waals surface area contributed by atoms with Crippen LogP contribution < -0.4 is 5.73 Å². The van der Waals surface area contributed by atoms with Gasteiger partial charge in [0.2, 0.25) is 5.95 Å². The summed E-state index contributed by atoms with van der Waals surface area (Å²) in [5.41, 5.74) is 5.73. The van der Waals surface area contributed by atoms with E-state index in [0.717, 1.165) is 13.0 Å². The van der Waals surface area contributed by atoms with E-state index in [-0.39, 0.29) is 12.1 Å². The van der Waals surface area contributed by atoms with E-state index in [0.29, 0.717) is 16.4 Å². The Morgan fingerprint density at radius 1 is 1.42 bits per heavy atom. The molecule has 2 atom stereocenters. The summed E-state index contributed by atoms with van der Waals surface area (Å²) in [5.74, 6) is 0.640. The average Bonchev–Trinajstić information content (AvgIpc) is 3.01. The van der Waals surface area contributed by atoms with Crippen LogP contribution in [-0.2, 0) is 4.74 Å². The van der Waals surface area contributed by atoms with Gasteiger partial charge in [-0.2, -0.15) is 20.1 Å². The summed E-state index contributed by atoms with van der Waals surface area (Å²) >= 11 is 1.58. The van der Waals surface area contributed by atoms with Crippen LogP contribution in [0.25, 0.3) is 5.95 Å². The first kappa shape index (κ1) is 12.4. The molecule has 1 saturated heterocycles. The lowest BCUT2D eigenvalue weighted by atomic mass is 10.3. The van der Waals surface area contributed by atoms with Gasteiger partial charge in [0.25, 0.3) is 5.95 Å². The smallest absolute Gasteiger partial charge is 0.256 e. The van der Waals surface area contributed by atoms with Crippen molar-refractivity contribution in [2.24, 2.45) is 0 Å². The number of nitrogens with two attached hydrogens (primary N) is 1. The second-order valence-electron chi connectivity index (χ2n) is 4.25. The van der Waals surface area contributed by atoms with Crippen LogP contribution in [0.3, 0.4) is 0 Å². The second-order valence-corrected chi connectivity index (χ2v) is 5.45. The number of ether oxygens (including phenoxy) is 1. The number of nitrogens with zero attached hydrogens (tertiary/aromatic N) is 5. The Morgan fingerprint density at radius 2 is 2.32 bits per heavy atom. The molecule has 19 heavy (non-hydrogen) atoms. The number of thioether (sulfide) groups is 1. The third-order valence-corrected chi connectivity index (χ3v) is 4.21. The molecule has 2 aromatic rings. The van der Waals surface area contributed by atoms with E-state index in [9.17, 15) is 0 Å². The van der Waals surface area contributed by atoms with E-state index in [4.69, 9.17) is 10.5 Å². The number of rotatable bonds is 3. The van der Waals surface area contributed by atoms with Crippen LogP contribution in [-0.4, -0.2) is 42.7 Å². The van der Waals surface area contributed by atoms with Crippen LogP contribution in [0.15, 0.2) is 23.6 Å². The Kier molecular flexibility index (Phi) is 3.34. The van der Waals surface area contributed by atoms with Crippen molar-refractivity contribution in [1.29, 1.82) is 0 Å². The zero-order valence-corrected chi connectivity index (χ0v) is 11.2. The molecule has 0 saturated carbocycles. The molecule has 1 aliphatic rings. The van der Waals surface area contributed by atoms with Gasteiger partial charge in [0.1, 0.15) is 0 Å². The predicted octanol–water partition coefficient (Wildman–Crippen LogP) is 0.909. The standard InChI is InChI=1S/C11H14N6OS/c1-7-8(3-6-18-7)19-11-15-9(12)14-10(16-11)17-5-2-4-13-17/h2,4-5,7-8H,3,6H2,1H3,(H2,12,14,15,16). The molecule has 3 rings (SSSR count). The molecule has 0 spiro atoms. The fourth-order valence-corrected chi connectivity index (χ4v) is 2.94. The Balaban J connectivity index is 1.85. The first-order valence-corrected chi connectivity index (χ1v) is 6.90. The SMILES string of the molecule is CC1OCCC1Sc1nc(N)nc(-n2cccn2)n1. The number of hydrogen-bond donors (Lipinski definition) is 1. The van der Waals surface area contributed by atoms with Gasteiger partial charge in [0, 0.05) is 24.3 Å². The summed E-state index contributed by atoms with van der Waals surface area (Å²) in [4.78, 5) is 12.6. The lowest BCUT2D eigenvalue weighted by Crippen LogP contribution is -2.15. The van der Waals surface area contributed by atoms with Crippen LogP contribution in [0, 0.1) is 0 Å². The largest absolute Gasteiger partial charge is 0.377 e. The van der Waals surface area contributed by atoms with Crippen molar-refractivity contribution in [1.82, 2.24) is 24.7 Å². The first-order chi connectivity index (χ1) is 9.22. The third-order valence-electron chi connectivity index (χ3n) is 2.89. The van der Waals surface area contributed by atoms with Crippen molar-refractivity contribution < 1.29 is 4.74 Å². The second kappa shape index (κ2) is 5.14. The summed E-state index contributed by atoms with van der Waals surface area (Å²) in [5, 5.41) is 5.06. The highest BCUT2D eigenvalue weighted by molar-refractivity contribution is 7.99. The Hall–Kier alpha value is -1.67. The predicted molar refractivity (Wildman–Crippen MR) is 71.0 cm³/mol. The van der Waals surface area contributed by atoms with E-state index in [1.165, 1.54) is 0 Å². The molecule has 2 aromatic heterocycles. The molecule has 0 bridgehead atoms. The van der Waals surface area contributed by atoms with Crippen molar-refractivity contribution >= 4 is 17.7 Å². The maximum atomic E-state index is 5.73. The van der Waals surface area contributed by atoms with E-state index in [2.05, 4.69) is 27.0 Å². The minimum atomic E-state index is 0.203. The topological polar surface area (TPSA) is 91.7 Å². The summed E-state index contributed by atoms with van der Waals surface area (Å²) in [7, 11) is 0. The van der Waals surface area contributed by atoms with E-state index >= 15 is 0 Å². The molecule has 0 amide bonds. The molecule has 2 N–H and O–H groups in total. The van der Waals surface area contributed by atoms with Gasteiger partial charge in [-0.05, 0) is 19.4 Å². The van der Waals surface area contributed by atoms with Gasteiger partial charge in [-0.15, -0.1) is 0 Å². The molecule has 2 unspecified atom stereocenters. The molecule has 1 fully saturated rings. The molecule has 8 heteroatoms. The van der Waals surface area contributed by atoms with Crippen molar-refractivity contribution in [2.45, 2.75) is 29.9 Å². The lowest BCUT2D eigenvalue weighted by molar-refractivity contribution is 0.127. The number of aromatic nitrogens is 5. The Bertz CT molecular complexity index is 560. The summed E-state index contributed by atoms with van der Waals surface area (Å²) in [6.45, 7) is 2.84. The van der Waals surface area contributed by atoms with Gasteiger partial charge < -0.3 is 10.5 Å². The zero-order valence-electron chi connectivity index (χ0n) is 10.4. The monoisotopic (exact) mass is 278 g/mol. The van der Waals surface area contributed by atoms with Crippen LogP contribution >= 0.6 is 11.8 Å². The summed E-state index contributed by atoms with van der Waals surface area (Å²) in [6.07, 6.45) is 4.63. The highest BCUT2D eigenvalue weighted by Gasteiger charge is 2.26. The van der Waals surface area contributed by atoms with Gasteiger partial charge in [-0.1, -0.05) is 11.8 Å². The van der Waals surface area contributed by atoms with Crippen LogP contribution in [0.1, 0.15) is 13.3 Å². The van der Waals surface area contributed by atoms with Gasteiger partial charge in [0.05, 0.1) is 6.10 Å². The molecular formula is C11H14N6OS. The number of anilines is 1. The van der Waals surface area contributed by atoms with E-state index < -0.39 is 0 Å². The zero-order chi connectivity index (χ0) is 13.2. The minimum absolute atomic E-state index is 0.203. The van der Waals surface area contributed by atoms with Gasteiger partial charge in [-0.25, -0.2) is 4.68 Å². The average molecular weight is 278 g/mol. The Labute approximate surface area is 114 Å². The third kappa shape index (κ3) is 2.69. The van der Waals surface area contributed by atoms with Crippen molar-refractivity contribution in [3.8, 4) is 5.95 Å². The molecule has 1 aliphatic heterocycles.